The summed E-state index contributed by atoms with van der Waals surface area (Å²) >= 11 is 0. The highest BCUT2D eigenvalue weighted by atomic mass is 16.5. The van der Waals surface area contributed by atoms with E-state index in [1.807, 2.05) is 13.0 Å². The maximum Gasteiger partial charge on any atom is 0.407 e. The number of ether oxygens (including phenoxy) is 1. The van der Waals surface area contributed by atoms with Crippen LogP contribution in [-0.4, -0.2) is 30.6 Å². The second-order valence-electron chi connectivity index (χ2n) is 3.11. The number of methoxy groups -OCH3 is 1. The average molecular weight is 223 g/mol. The Morgan fingerprint density at radius 2 is 2.25 bits per heavy atom. The number of hydrogen-bond acceptors (Lipinski definition) is 4. The van der Waals surface area contributed by atoms with Crippen molar-refractivity contribution in [3.05, 3.63) is 23.9 Å². The summed E-state index contributed by atoms with van der Waals surface area (Å²) in [6.07, 6.45) is 0.950. The molecule has 6 nitrogen and oxygen atoms in total. The highest BCUT2D eigenvalue weighted by Gasteiger charge is 2.05. The van der Waals surface area contributed by atoms with E-state index >= 15 is 0 Å². The van der Waals surface area contributed by atoms with E-state index < -0.39 is 6.09 Å². The number of pyridine rings is 1. The molecule has 86 valence electrons. The molecule has 2 N–H and O–H groups in total. The number of rotatable bonds is 3. The molecule has 0 spiro atoms. The van der Waals surface area contributed by atoms with Gasteiger partial charge in [-0.3, -0.25) is 4.79 Å². The van der Waals surface area contributed by atoms with E-state index in [1.54, 1.807) is 12.3 Å². The van der Waals surface area contributed by atoms with Gasteiger partial charge in [-0.05, 0) is 24.6 Å². The Labute approximate surface area is 93.0 Å². The third kappa shape index (κ3) is 3.95. The fourth-order valence-corrected chi connectivity index (χ4v) is 1.02. The number of anilines is 1. The zero-order valence-electron chi connectivity index (χ0n) is 9.11. The number of nitrogens with one attached hydrogen (secondary N) is 2. The molecule has 6 heteroatoms. The standard InChI is InChI=1S/C10H13N3O3/c1-7-3-4-11-8(5-7)13-9(14)6-12-10(15)16-2/h3-5H,6H2,1-2H3,(H,12,15)(H,11,13,14). The zero-order valence-corrected chi connectivity index (χ0v) is 9.11. The normalized spacial score (nSPS) is 9.38. The second-order valence-corrected chi connectivity index (χ2v) is 3.11. The summed E-state index contributed by atoms with van der Waals surface area (Å²) < 4.78 is 4.32. The van der Waals surface area contributed by atoms with Crippen LogP contribution in [0.1, 0.15) is 5.56 Å². The summed E-state index contributed by atoms with van der Waals surface area (Å²) in [6, 6.07) is 3.55. The summed E-state index contributed by atoms with van der Waals surface area (Å²) in [6.45, 7) is 1.74. The minimum atomic E-state index is -0.646. The fourth-order valence-electron chi connectivity index (χ4n) is 1.02. The Morgan fingerprint density at radius 1 is 1.50 bits per heavy atom. The third-order valence-corrected chi connectivity index (χ3v) is 1.76. The highest BCUT2D eigenvalue weighted by molar-refractivity contribution is 5.93. The molecular formula is C10H13N3O3. The van der Waals surface area contributed by atoms with E-state index in [9.17, 15) is 9.59 Å². The van der Waals surface area contributed by atoms with Crippen LogP contribution in [0.2, 0.25) is 0 Å². The van der Waals surface area contributed by atoms with Crippen molar-refractivity contribution >= 4 is 17.8 Å². The Kier molecular flexibility index (Phi) is 4.26. The summed E-state index contributed by atoms with van der Waals surface area (Å²) in [4.78, 5) is 26.0. The molecule has 0 fully saturated rings. The molecule has 0 saturated heterocycles. The number of carbonyl (C=O) groups excluding carboxylic acids is 2. The lowest BCUT2D eigenvalue weighted by Gasteiger charge is -2.05. The van der Waals surface area contributed by atoms with E-state index in [2.05, 4.69) is 20.4 Å². The van der Waals surface area contributed by atoms with Gasteiger partial charge >= 0.3 is 6.09 Å². The quantitative estimate of drug-likeness (QED) is 0.789. The van der Waals surface area contributed by atoms with Crippen LogP contribution in [0.15, 0.2) is 18.3 Å². The van der Waals surface area contributed by atoms with Gasteiger partial charge in [-0.15, -0.1) is 0 Å². The number of nitrogens with zero attached hydrogens (tertiary/aromatic N) is 1. The van der Waals surface area contributed by atoms with Gasteiger partial charge in [-0.25, -0.2) is 9.78 Å². The number of aryl methyl sites for hydroxylation is 1. The van der Waals surface area contributed by atoms with Crippen molar-refractivity contribution < 1.29 is 14.3 Å². The molecule has 0 aliphatic carbocycles. The molecule has 0 radical (unpaired) electrons. The van der Waals surface area contributed by atoms with Gasteiger partial charge in [0.05, 0.1) is 7.11 Å². The van der Waals surface area contributed by atoms with Crippen molar-refractivity contribution in [2.24, 2.45) is 0 Å². The Balaban J connectivity index is 2.43. The van der Waals surface area contributed by atoms with Gasteiger partial charge in [-0.1, -0.05) is 0 Å². The number of aromatic nitrogens is 1. The lowest BCUT2D eigenvalue weighted by molar-refractivity contribution is -0.115. The SMILES string of the molecule is COC(=O)NCC(=O)Nc1cc(C)ccn1. The summed E-state index contributed by atoms with van der Waals surface area (Å²) in [5, 5.41) is 4.81. The first-order chi connectivity index (χ1) is 7.61. The van der Waals surface area contributed by atoms with E-state index in [4.69, 9.17) is 0 Å². The van der Waals surface area contributed by atoms with Crippen LogP contribution >= 0.6 is 0 Å². The molecule has 16 heavy (non-hydrogen) atoms. The van der Waals surface area contributed by atoms with Crippen LogP contribution < -0.4 is 10.6 Å². The van der Waals surface area contributed by atoms with Crippen LogP contribution in [-0.2, 0) is 9.53 Å². The van der Waals surface area contributed by atoms with Gasteiger partial charge in [-0.2, -0.15) is 0 Å². The monoisotopic (exact) mass is 223 g/mol. The van der Waals surface area contributed by atoms with E-state index in [0.717, 1.165) is 5.56 Å². The number of carbonyl (C=O) groups is 2. The first kappa shape index (κ1) is 12.0. The molecule has 1 heterocycles. The van der Waals surface area contributed by atoms with Gasteiger partial charge in [0, 0.05) is 6.20 Å². The zero-order chi connectivity index (χ0) is 12.0. The lowest BCUT2D eigenvalue weighted by Crippen LogP contribution is -2.32. The molecule has 1 aromatic heterocycles. The molecule has 0 aromatic carbocycles. The van der Waals surface area contributed by atoms with Gasteiger partial charge in [0.1, 0.15) is 12.4 Å². The Bertz CT molecular complexity index is 393. The molecule has 0 aliphatic heterocycles. The van der Waals surface area contributed by atoms with E-state index in [0.29, 0.717) is 5.82 Å². The smallest absolute Gasteiger partial charge is 0.407 e. The lowest BCUT2D eigenvalue weighted by atomic mass is 10.3. The van der Waals surface area contributed by atoms with Crippen LogP contribution in [0.5, 0.6) is 0 Å². The predicted molar refractivity (Wildman–Crippen MR) is 58.0 cm³/mol. The van der Waals surface area contributed by atoms with Crippen LogP contribution in [0.3, 0.4) is 0 Å². The van der Waals surface area contributed by atoms with Gasteiger partial charge in [0.25, 0.3) is 0 Å². The van der Waals surface area contributed by atoms with Crippen molar-refractivity contribution in [1.82, 2.24) is 10.3 Å². The summed E-state index contributed by atoms with van der Waals surface area (Å²) in [5.74, 6) is 0.0974. The fraction of sp³-hybridized carbons (Fsp3) is 0.300. The topological polar surface area (TPSA) is 80.3 Å². The molecule has 0 atom stereocenters. The molecule has 1 rings (SSSR count). The molecular weight excluding hydrogens is 210 g/mol. The predicted octanol–water partition coefficient (Wildman–Crippen LogP) is 0.685. The van der Waals surface area contributed by atoms with Gasteiger partial charge in [0.15, 0.2) is 0 Å². The molecule has 1 aromatic rings. The van der Waals surface area contributed by atoms with E-state index in [1.165, 1.54) is 7.11 Å². The minimum Gasteiger partial charge on any atom is -0.453 e. The van der Waals surface area contributed by atoms with Crippen molar-refractivity contribution in [3.63, 3.8) is 0 Å². The number of amides is 2. The summed E-state index contributed by atoms with van der Waals surface area (Å²) in [5.41, 5.74) is 0.992. The summed E-state index contributed by atoms with van der Waals surface area (Å²) in [7, 11) is 1.23. The second kappa shape index (κ2) is 5.69. The number of alkyl carbamates (subject to hydrolysis) is 1. The molecule has 0 bridgehead atoms. The minimum absolute atomic E-state index is 0.151. The largest absolute Gasteiger partial charge is 0.453 e. The third-order valence-electron chi connectivity index (χ3n) is 1.76. The molecule has 0 unspecified atom stereocenters. The Hall–Kier alpha value is -2.11. The average Bonchev–Trinajstić information content (AvgIpc) is 2.26. The molecule has 0 saturated carbocycles. The van der Waals surface area contributed by atoms with E-state index in [-0.39, 0.29) is 12.5 Å². The molecule has 0 aliphatic rings. The van der Waals surface area contributed by atoms with Gasteiger partial charge < -0.3 is 15.4 Å². The van der Waals surface area contributed by atoms with Crippen molar-refractivity contribution in [2.45, 2.75) is 6.92 Å². The first-order valence-electron chi connectivity index (χ1n) is 4.66. The molecule has 2 amide bonds. The Morgan fingerprint density at radius 3 is 2.88 bits per heavy atom. The highest BCUT2D eigenvalue weighted by Crippen LogP contribution is 2.04. The van der Waals surface area contributed by atoms with Crippen molar-refractivity contribution in [1.29, 1.82) is 0 Å². The van der Waals surface area contributed by atoms with Crippen molar-refractivity contribution in [2.75, 3.05) is 19.0 Å². The van der Waals surface area contributed by atoms with Crippen LogP contribution in [0, 0.1) is 6.92 Å². The maximum atomic E-state index is 11.3. The van der Waals surface area contributed by atoms with Crippen molar-refractivity contribution in [3.8, 4) is 0 Å². The van der Waals surface area contributed by atoms with Gasteiger partial charge in [0.2, 0.25) is 5.91 Å². The maximum absolute atomic E-state index is 11.3. The first-order valence-corrected chi connectivity index (χ1v) is 4.66. The van der Waals surface area contributed by atoms with Crippen LogP contribution in [0.4, 0.5) is 10.6 Å². The van der Waals surface area contributed by atoms with Crippen LogP contribution in [0.25, 0.3) is 0 Å². The number of hydrogen-bond donors (Lipinski definition) is 2.